The third-order valence-corrected chi connectivity index (χ3v) is 4.73. The summed E-state index contributed by atoms with van der Waals surface area (Å²) in [7, 11) is 0. The second-order valence-electron chi connectivity index (χ2n) is 6.35. The SMILES string of the molecule is CCN(C[C@H]1CCCCO1)C(=O)NCCc1nc2ccc(Cl)cc2[nH]1. The maximum absolute atomic E-state index is 12.4. The van der Waals surface area contributed by atoms with Gasteiger partial charge >= 0.3 is 6.03 Å². The van der Waals surface area contributed by atoms with E-state index in [-0.39, 0.29) is 12.1 Å². The number of H-pyrrole nitrogens is 1. The van der Waals surface area contributed by atoms with Gasteiger partial charge in [-0.05, 0) is 44.4 Å². The number of benzene rings is 1. The monoisotopic (exact) mass is 364 g/mol. The first-order valence-electron chi connectivity index (χ1n) is 8.94. The lowest BCUT2D eigenvalue weighted by Crippen LogP contribution is -2.45. The maximum atomic E-state index is 12.4. The molecule has 0 aliphatic carbocycles. The van der Waals surface area contributed by atoms with E-state index in [1.165, 1.54) is 6.42 Å². The lowest BCUT2D eigenvalue weighted by Gasteiger charge is -2.29. The number of carbonyl (C=O) groups is 1. The standard InChI is InChI=1S/C18H25ClN4O2/c1-2-23(12-14-5-3-4-10-25-14)18(24)20-9-8-17-21-15-7-6-13(19)11-16(15)22-17/h6-7,11,14H,2-5,8-10,12H2,1H3,(H,20,24)(H,21,22)/t14-/m1/s1. The average Bonchev–Trinajstić information content (AvgIpc) is 3.02. The Kier molecular flexibility index (Phi) is 6.15. The van der Waals surface area contributed by atoms with Crippen molar-refractivity contribution in [1.82, 2.24) is 20.2 Å². The molecule has 0 spiro atoms. The molecule has 25 heavy (non-hydrogen) atoms. The number of nitrogens with zero attached hydrogens (tertiary/aromatic N) is 2. The number of hydrogen-bond donors (Lipinski definition) is 2. The van der Waals surface area contributed by atoms with E-state index >= 15 is 0 Å². The molecule has 0 saturated carbocycles. The van der Waals surface area contributed by atoms with Crippen LogP contribution in [0.25, 0.3) is 11.0 Å². The zero-order chi connectivity index (χ0) is 17.6. The number of urea groups is 1. The van der Waals surface area contributed by atoms with E-state index in [1.54, 1.807) is 0 Å². The van der Waals surface area contributed by atoms with Gasteiger partial charge in [0.15, 0.2) is 0 Å². The Balaban J connectivity index is 1.48. The van der Waals surface area contributed by atoms with Gasteiger partial charge in [0.05, 0.1) is 17.1 Å². The average molecular weight is 365 g/mol. The molecule has 0 bridgehead atoms. The van der Waals surface area contributed by atoms with Gasteiger partial charge < -0.3 is 19.9 Å². The van der Waals surface area contributed by atoms with Crippen LogP contribution in [-0.4, -0.2) is 53.2 Å². The van der Waals surface area contributed by atoms with Crippen LogP contribution in [0.4, 0.5) is 4.79 Å². The molecule has 0 radical (unpaired) electrons. The fraction of sp³-hybridized carbons (Fsp3) is 0.556. The third-order valence-electron chi connectivity index (χ3n) is 4.50. The summed E-state index contributed by atoms with van der Waals surface area (Å²) < 4.78 is 5.73. The zero-order valence-electron chi connectivity index (χ0n) is 14.6. The minimum Gasteiger partial charge on any atom is -0.376 e. The number of aromatic amines is 1. The van der Waals surface area contributed by atoms with Gasteiger partial charge in [0.1, 0.15) is 5.82 Å². The molecule has 7 heteroatoms. The molecular formula is C18H25ClN4O2. The third kappa shape index (κ3) is 4.86. The highest BCUT2D eigenvalue weighted by atomic mass is 35.5. The van der Waals surface area contributed by atoms with Gasteiger partial charge in [0.2, 0.25) is 0 Å². The summed E-state index contributed by atoms with van der Waals surface area (Å²) in [6, 6.07) is 5.52. The van der Waals surface area contributed by atoms with Crippen LogP contribution in [0, 0.1) is 0 Å². The fourth-order valence-electron chi connectivity index (χ4n) is 3.11. The van der Waals surface area contributed by atoms with Crippen molar-refractivity contribution in [3.63, 3.8) is 0 Å². The smallest absolute Gasteiger partial charge is 0.317 e. The van der Waals surface area contributed by atoms with Crippen LogP contribution in [0.15, 0.2) is 18.2 Å². The van der Waals surface area contributed by atoms with E-state index < -0.39 is 0 Å². The summed E-state index contributed by atoms with van der Waals surface area (Å²) in [5.74, 6) is 0.844. The molecule has 1 saturated heterocycles. The molecule has 3 rings (SSSR count). The number of rotatable bonds is 6. The first kappa shape index (κ1) is 18.0. The molecule has 1 aliphatic rings. The van der Waals surface area contributed by atoms with Crippen molar-refractivity contribution < 1.29 is 9.53 Å². The highest BCUT2D eigenvalue weighted by Crippen LogP contribution is 2.17. The van der Waals surface area contributed by atoms with Crippen molar-refractivity contribution in [2.75, 3.05) is 26.2 Å². The van der Waals surface area contributed by atoms with Crippen LogP contribution >= 0.6 is 11.6 Å². The highest BCUT2D eigenvalue weighted by molar-refractivity contribution is 6.31. The van der Waals surface area contributed by atoms with Crippen molar-refractivity contribution in [1.29, 1.82) is 0 Å². The molecule has 2 heterocycles. The van der Waals surface area contributed by atoms with Crippen LogP contribution in [0.3, 0.4) is 0 Å². The first-order chi connectivity index (χ1) is 12.2. The molecule has 136 valence electrons. The van der Waals surface area contributed by atoms with Gasteiger partial charge in [0.25, 0.3) is 0 Å². The number of nitrogens with one attached hydrogen (secondary N) is 2. The van der Waals surface area contributed by atoms with Crippen molar-refractivity contribution in [3.05, 3.63) is 29.0 Å². The van der Waals surface area contributed by atoms with Gasteiger partial charge in [-0.1, -0.05) is 11.6 Å². The molecule has 1 atom stereocenters. The summed E-state index contributed by atoms with van der Waals surface area (Å²) in [5.41, 5.74) is 1.80. The molecule has 2 aromatic rings. The molecule has 6 nitrogen and oxygen atoms in total. The Morgan fingerprint density at radius 3 is 3.12 bits per heavy atom. The summed E-state index contributed by atoms with van der Waals surface area (Å²) >= 11 is 5.98. The normalized spacial score (nSPS) is 17.6. The van der Waals surface area contributed by atoms with Crippen molar-refractivity contribution in [3.8, 4) is 0 Å². The van der Waals surface area contributed by atoms with Crippen LogP contribution in [-0.2, 0) is 11.2 Å². The molecule has 0 unspecified atom stereocenters. The van der Waals surface area contributed by atoms with E-state index in [1.807, 2.05) is 30.0 Å². The van der Waals surface area contributed by atoms with E-state index in [9.17, 15) is 4.79 Å². The molecule has 2 N–H and O–H groups in total. The van der Waals surface area contributed by atoms with Crippen molar-refractivity contribution >= 4 is 28.7 Å². The molecule has 1 fully saturated rings. The van der Waals surface area contributed by atoms with Crippen LogP contribution in [0.5, 0.6) is 0 Å². The largest absolute Gasteiger partial charge is 0.376 e. The predicted octanol–water partition coefficient (Wildman–Crippen LogP) is 3.36. The highest BCUT2D eigenvalue weighted by Gasteiger charge is 2.20. The summed E-state index contributed by atoms with van der Waals surface area (Å²) in [6.45, 7) is 4.67. The number of aromatic nitrogens is 2. The van der Waals surface area contributed by atoms with E-state index in [2.05, 4.69) is 15.3 Å². The number of imidazole rings is 1. The number of fused-ring (bicyclic) bond motifs is 1. The summed E-state index contributed by atoms with van der Waals surface area (Å²) in [4.78, 5) is 21.9. The Bertz CT molecular complexity index is 712. The quantitative estimate of drug-likeness (QED) is 0.825. The number of ether oxygens (including phenoxy) is 1. The van der Waals surface area contributed by atoms with Gasteiger partial charge in [-0.15, -0.1) is 0 Å². The van der Waals surface area contributed by atoms with E-state index in [0.717, 1.165) is 36.3 Å². The molecular weight excluding hydrogens is 340 g/mol. The maximum Gasteiger partial charge on any atom is 0.317 e. The fourth-order valence-corrected chi connectivity index (χ4v) is 3.28. The van der Waals surface area contributed by atoms with Gasteiger partial charge in [-0.2, -0.15) is 0 Å². The number of hydrogen-bond acceptors (Lipinski definition) is 3. The van der Waals surface area contributed by atoms with Gasteiger partial charge in [-0.3, -0.25) is 0 Å². The van der Waals surface area contributed by atoms with Crippen LogP contribution in [0.2, 0.25) is 5.02 Å². The number of likely N-dealkylation sites (N-methyl/N-ethyl adjacent to an activating group) is 1. The lowest BCUT2D eigenvalue weighted by atomic mass is 10.1. The Morgan fingerprint density at radius 2 is 2.36 bits per heavy atom. The van der Waals surface area contributed by atoms with Crippen LogP contribution < -0.4 is 5.32 Å². The first-order valence-corrected chi connectivity index (χ1v) is 9.32. The van der Waals surface area contributed by atoms with Crippen LogP contribution in [0.1, 0.15) is 32.0 Å². The summed E-state index contributed by atoms with van der Waals surface area (Å²) in [5, 5.41) is 3.65. The minimum atomic E-state index is -0.0455. The molecule has 1 aliphatic heterocycles. The molecule has 1 aromatic carbocycles. The van der Waals surface area contributed by atoms with Gasteiger partial charge in [0, 0.05) is 37.7 Å². The second kappa shape index (κ2) is 8.54. The van der Waals surface area contributed by atoms with Gasteiger partial charge in [-0.25, -0.2) is 9.78 Å². The summed E-state index contributed by atoms with van der Waals surface area (Å²) in [6.07, 6.45) is 4.15. The number of amides is 2. The molecule has 1 aromatic heterocycles. The Hall–Kier alpha value is -1.79. The van der Waals surface area contributed by atoms with Crippen molar-refractivity contribution in [2.24, 2.45) is 0 Å². The Labute approximate surface area is 152 Å². The number of halogens is 1. The topological polar surface area (TPSA) is 70.2 Å². The minimum absolute atomic E-state index is 0.0455. The lowest BCUT2D eigenvalue weighted by molar-refractivity contribution is 0.00136. The van der Waals surface area contributed by atoms with E-state index in [4.69, 9.17) is 16.3 Å². The molecule has 2 amide bonds. The van der Waals surface area contributed by atoms with Crippen molar-refractivity contribution in [2.45, 2.75) is 38.7 Å². The number of carbonyl (C=O) groups excluding carboxylic acids is 1. The zero-order valence-corrected chi connectivity index (χ0v) is 15.3. The predicted molar refractivity (Wildman–Crippen MR) is 99.0 cm³/mol. The van der Waals surface area contributed by atoms with E-state index in [0.29, 0.717) is 31.1 Å². The Morgan fingerprint density at radius 1 is 1.48 bits per heavy atom. The second-order valence-corrected chi connectivity index (χ2v) is 6.79.